The van der Waals surface area contributed by atoms with Crippen molar-refractivity contribution in [3.8, 4) is 6.07 Å². The van der Waals surface area contributed by atoms with Crippen LogP contribution in [0.25, 0.3) is 0 Å². The molecule has 1 N–H and O–H groups in total. The van der Waals surface area contributed by atoms with E-state index in [0.29, 0.717) is 0 Å². The molecule has 0 saturated carbocycles. The summed E-state index contributed by atoms with van der Waals surface area (Å²) in [6, 6.07) is 1.01. The average Bonchev–Trinajstić information content (AvgIpc) is 2.25. The van der Waals surface area contributed by atoms with Crippen molar-refractivity contribution < 1.29 is 31.9 Å². The van der Waals surface area contributed by atoms with E-state index in [1.807, 2.05) is 0 Å². The van der Waals surface area contributed by atoms with Crippen LogP contribution in [-0.2, 0) is 6.18 Å². The van der Waals surface area contributed by atoms with Crippen LogP contribution in [0.1, 0.15) is 33.7 Å². The molecule has 0 aromatic carbocycles. The molecule has 0 atom stereocenters. The van der Waals surface area contributed by atoms with Gasteiger partial charge in [-0.3, -0.25) is 0 Å². The normalized spacial score (nSPS) is 11.4. The smallest absolute Gasteiger partial charge is 0.417 e. The number of halogens is 5. The van der Waals surface area contributed by atoms with E-state index in [0.717, 1.165) is 6.07 Å². The molecule has 9 heteroatoms. The van der Waals surface area contributed by atoms with Gasteiger partial charge in [0.2, 0.25) is 0 Å². The fraction of sp³-hybridized carbons (Fsp3) is 0.222. The van der Waals surface area contributed by atoms with Crippen molar-refractivity contribution in [2.75, 3.05) is 0 Å². The Hall–Kier alpha value is -2.24. The summed E-state index contributed by atoms with van der Waals surface area (Å²) in [5.74, 6) is -1.90. The van der Waals surface area contributed by atoms with Gasteiger partial charge in [0, 0.05) is 0 Å². The van der Waals surface area contributed by atoms with Crippen LogP contribution >= 0.6 is 0 Å². The SMILES string of the molecule is N#Cc1c(C(F)(F)F)cc(C(=O)O)nc1C(F)F. The Kier molecular flexibility index (Phi) is 3.50. The van der Waals surface area contributed by atoms with Crippen molar-refractivity contribution in [2.24, 2.45) is 0 Å². The number of nitriles is 1. The third-order valence-corrected chi connectivity index (χ3v) is 1.89. The zero-order chi connectivity index (χ0) is 14.1. The topological polar surface area (TPSA) is 74.0 Å². The van der Waals surface area contributed by atoms with Gasteiger partial charge in [-0.05, 0) is 6.07 Å². The second-order valence-electron chi connectivity index (χ2n) is 3.03. The Morgan fingerprint density at radius 2 is 2.00 bits per heavy atom. The predicted octanol–water partition coefficient (Wildman–Crippen LogP) is 2.61. The van der Waals surface area contributed by atoms with E-state index < -0.39 is 41.1 Å². The van der Waals surface area contributed by atoms with Crippen LogP contribution in [0.2, 0.25) is 0 Å². The fourth-order valence-corrected chi connectivity index (χ4v) is 1.17. The molecule has 0 spiro atoms. The number of hydrogen-bond donors (Lipinski definition) is 1. The first kappa shape index (κ1) is 13.8. The quantitative estimate of drug-likeness (QED) is 0.835. The summed E-state index contributed by atoms with van der Waals surface area (Å²) in [6.07, 6.45) is -8.61. The third kappa shape index (κ3) is 2.53. The van der Waals surface area contributed by atoms with E-state index in [9.17, 15) is 26.7 Å². The van der Waals surface area contributed by atoms with Crippen LogP contribution < -0.4 is 0 Å². The number of carboxylic acid groups (broad SMARTS) is 1. The minimum Gasteiger partial charge on any atom is -0.477 e. The highest BCUT2D eigenvalue weighted by Crippen LogP contribution is 2.35. The van der Waals surface area contributed by atoms with E-state index in [-0.39, 0.29) is 6.07 Å². The highest BCUT2D eigenvalue weighted by atomic mass is 19.4. The van der Waals surface area contributed by atoms with Crippen LogP contribution in [0, 0.1) is 11.3 Å². The van der Waals surface area contributed by atoms with E-state index in [4.69, 9.17) is 10.4 Å². The maximum absolute atomic E-state index is 12.5. The van der Waals surface area contributed by atoms with Crippen LogP contribution in [0.15, 0.2) is 6.07 Å². The van der Waals surface area contributed by atoms with Gasteiger partial charge in [0.05, 0.1) is 11.1 Å². The molecule has 1 aromatic heterocycles. The number of nitrogens with zero attached hydrogens (tertiary/aromatic N) is 2. The molecule has 1 rings (SSSR count). The number of hydrogen-bond acceptors (Lipinski definition) is 3. The van der Waals surface area contributed by atoms with Crippen LogP contribution in [0.4, 0.5) is 22.0 Å². The van der Waals surface area contributed by atoms with Gasteiger partial charge in [-0.1, -0.05) is 0 Å². The van der Waals surface area contributed by atoms with E-state index >= 15 is 0 Å². The summed E-state index contributed by atoms with van der Waals surface area (Å²) in [4.78, 5) is 13.3. The van der Waals surface area contributed by atoms with E-state index in [1.165, 1.54) is 0 Å². The van der Waals surface area contributed by atoms with Gasteiger partial charge in [-0.25, -0.2) is 18.6 Å². The summed E-state index contributed by atoms with van der Waals surface area (Å²) in [5, 5.41) is 17.0. The van der Waals surface area contributed by atoms with Crippen LogP contribution in [0.3, 0.4) is 0 Å². The maximum Gasteiger partial charge on any atom is 0.417 e. The molecule has 1 aromatic rings. The van der Waals surface area contributed by atoms with Crippen molar-refractivity contribution in [1.82, 2.24) is 4.98 Å². The molecular formula is C9H3F5N2O2. The molecule has 0 fully saturated rings. The van der Waals surface area contributed by atoms with Gasteiger partial charge in [0.15, 0.2) is 0 Å². The standard InChI is InChI=1S/C9H3F5N2O2/c10-7(11)6-3(2-15)4(9(12,13)14)1-5(16-6)8(17)18/h1,7H,(H,17,18). The van der Waals surface area contributed by atoms with Gasteiger partial charge in [-0.15, -0.1) is 0 Å². The predicted molar refractivity (Wildman–Crippen MR) is 45.9 cm³/mol. The summed E-state index contributed by atoms with van der Waals surface area (Å²) in [5.41, 5.74) is -5.81. The molecule has 18 heavy (non-hydrogen) atoms. The minimum atomic E-state index is -5.12. The number of carboxylic acids is 1. The molecule has 0 bridgehead atoms. The largest absolute Gasteiger partial charge is 0.477 e. The van der Waals surface area contributed by atoms with Gasteiger partial charge >= 0.3 is 12.1 Å². The minimum absolute atomic E-state index is 0.0484. The van der Waals surface area contributed by atoms with Gasteiger partial charge in [0.1, 0.15) is 17.5 Å². The zero-order valence-electron chi connectivity index (χ0n) is 8.29. The first-order valence-corrected chi connectivity index (χ1v) is 4.22. The second kappa shape index (κ2) is 4.56. The lowest BCUT2D eigenvalue weighted by molar-refractivity contribution is -0.138. The number of aromatic carboxylic acids is 1. The van der Waals surface area contributed by atoms with Crippen molar-refractivity contribution in [1.29, 1.82) is 5.26 Å². The molecule has 0 aliphatic carbocycles. The summed E-state index contributed by atoms with van der Waals surface area (Å²) >= 11 is 0. The van der Waals surface area contributed by atoms with Crippen molar-refractivity contribution in [3.05, 3.63) is 28.6 Å². The number of carbonyl (C=O) groups is 1. The molecule has 0 aliphatic rings. The monoisotopic (exact) mass is 266 g/mol. The number of rotatable bonds is 2. The van der Waals surface area contributed by atoms with Crippen LogP contribution in [-0.4, -0.2) is 16.1 Å². The molecule has 4 nitrogen and oxygen atoms in total. The second-order valence-corrected chi connectivity index (χ2v) is 3.03. The average molecular weight is 266 g/mol. The van der Waals surface area contributed by atoms with Gasteiger partial charge in [0.25, 0.3) is 6.43 Å². The Bertz CT molecular complexity index is 533. The molecule has 0 amide bonds. The zero-order valence-corrected chi connectivity index (χ0v) is 8.29. The molecule has 0 saturated heterocycles. The Labute approximate surface area is 96.3 Å². The summed E-state index contributed by atoms with van der Waals surface area (Å²) < 4.78 is 62.4. The first-order chi connectivity index (χ1) is 8.18. The maximum atomic E-state index is 12.5. The number of pyridine rings is 1. The third-order valence-electron chi connectivity index (χ3n) is 1.89. The highest BCUT2D eigenvalue weighted by Gasteiger charge is 2.37. The fourth-order valence-electron chi connectivity index (χ4n) is 1.17. The summed E-state index contributed by atoms with van der Waals surface area (Å²) in [6.45, 7) is 0. The van der Waals surface area contributed by atoms with E-state index in [1.54, 1.807) is 0 Å². The van der Waals surface area contributed by atoms with Crippen LogP contribution in [0.5, 0.6) is 0 Å². The number of alkyl halides is 5. The van der Waals surface area contributed by atoms with E-state index in [2.05, 4.69) is 4.98 Å². The lowest BCUT2D eigenvalue weighted by Crippen LogP contribution is -2.15. The molecule has 0 unspecified atom stereocenters. The van der Waals surface area contributed by atoms with Crippen molar-refractivity contribution in [3.63, 3.8) is 0 Å². The van der Waals surface area contributed by atoms with Gasteiger partial charge in [-0.2, -0.15) is 18.4 Å². The first-order valence-electron chi connectivity index (χ1n) is 4.22. The Morgan fingerprint density at radius 1 is 1.44 bits per heavy atom. The number of aromatic nitrogens is 1. The lowest BCUT2D eigenvalue weighted by Gasteiger charge is -2.12. The lowest BCUT2D eigenvalue weighted by atomic mass is 10.1. The highest BCUT2D eigenvalue weighted by molar-refractivity contribution is 5.86. The molecule has 0 aliphatic heterocycles. The molecular weight excluding hydrogens is 263 g/mol. The molecule has 1 heterocycles. The molecule has 96 valence electrons. The summed E-state index contributed by atoms with van der Waals surface area (Å²) in [7, 11) is 0. The van der Waals surface area contributed by atoms with Gasteiger partial charge < -0.3 is 5.11 Å². The Morgan fingerprint density at radius 3 is 2.33 bits per heavy atom. The van der Waals surface area contributed by atoms with Crippen molar-refractivity contribution in [2.45, 2.75) is 12.6 Å². The molecule has 0 radical (unpaired) electrons. The van der Waals surface area contributed by atoms with Crippen molar-refractivity contribution >= 4 is 5.97 Å². The Balaban J connectivity index is 3.69.